The zero-order valence-corrected chi connectivity index (χ0v) is 28.5. The highest BCUT2D eigenvalue weighted by Crippen LogP contribution is 2.38. The Kier molecular flexibility index (Phi) is 8.51. The number of thioether (sulfide) groups is 1. The second kappa shape index (κ2) is 12.8. The largest absolute Gasteiger partial charge is 0.379 e. The van der Waals surface area contributed by atoms with Crippen molar-refractivity contribution in [2.24, 2.45) is 7.05 Å². The number of rotatable bonds is 7. The lowest BCUT2D eigenvalue weighted by Crippen LogP contribution is -2.40. The number of anilines is 1. The molecule has 2 saturated heterocycles. The first-order valence-corrected chi connectivity index (χ1v) is 17.8. The van der Waals surface area contributed by atoms with Crippen LogP contribution in [0.15, 0.2) is 106 Å². The fourth-order valence-corrected chi connectivity index (χ4v) is 8.50. The second-order valence-electron chi connectivity index (χ2n) is 11.2. The molecule has 0 atom stereocenters. The Hall–Kier alpha value is -4.60. The molecule has 244 valence electrons. The van der Waals surface area contributed by atoms with Crippen molar-refractivity contribution < 1.29 is 17.9 Å². The number of amides is 1. The normalized spacial score (nSPS) is 16.7. The van der Waals surface area contributed by atoms with Gasteiger partial charge in [0, 0.05) is 37.5 Å². The quantitative estimate of drug-likeness (QED) is 0.177. The van der Waals surface area contributed by atoms with Crippen LogP contribution < -0.4 is 10.5 Å². The van der Waals surface area contributed by atoms with Gasteiger partial charge in [-0.1, -0.05) is 72.5 Å². The van der Waals surface area contributed by atoms with Crippen LogP contribution in [0.4, 0.5) is 5.69 Å². The number of benzene rings is 3. The Labute approximate surface area is 286 Å². The van der Waals surface area contributed by atoms with Crippen molar-refractivity contribution in [2.75, 3.05) is 31.2 Å². The number of morpholine rings is 1. The van der Waals surface area contributed by atoms with Gasteiger partial charge in [-0.05, 0) is 49.4 Å². The molecule has 5 aromatic rings. The van der Waals surface area contributed by atoms with Crippen LogP contribution in [0.3, 0.4) is 0 Å². The monoisotopic (exact) mass is 698 g/mol. The standard InChI is InChI=1S/C34H30N6O5S3/c1-23-31(33(42)40(36(23)2)27-13-7-4-8-14-27)39-32(41)29(47-34(39)46)21-25-22-38(26-11-5-3-6-12-26)35-30(25)24-10-9-15-28(20-24)48(43,44)37-16-18-45-19-17-37/h3-15,20-22H,16-19H2,1-2H3/b29-21-. The summed E-state index contributed by atoms with van der Waals surface area (Å²) in [6.07, 6.45) is 3.48. The summed E-state index contributed by atoms with van der Waals surface area (Å²) in [5.41, 5.74) is 3.46. The van der Waals surface area contributed by atoms with Crippen molar-refractivity contribution in [1.82, 2.24) is 23.4 Å². The van der Waals surface area contributed by atoms with Gasteiger partial charge in [0.2, 0.25) is 10.0 Å². The first kappa shape index (κ1) is 32.0. The van der Waals surface area contributed by atoms with E-state index in [1.807, 2.05) is 60.7 Å². The topological polar surface area (TPSA) is 112 Å². The molecule has 48 heavy (non-hydrogen) atoms. The third-order valence-electron chi connectivity index (χ3n) is 8.31. The van der Waals surface area contributed by atoms with Crippen molar-refractivity contribution in [3.63, 3.8) is 0 Å². The molecule has 2 fully saturated rings. The number of carbonyl (C=O) groups is 1. The summed E-state index contributed by atoms with van der Waals surface area (Å²) in [7, 11) is -2.01. The number of nitrogens with zero attached hydrogens (tertiary/aromatic N) is 6. The van der Waals surface area contributed by atoms with Crippen LogP contribution in [0.25, 0.3) is 28.7 Å². The maximum absolute atomic E-state index is 14.0. The Morgan fingerprint density at radius 2 is 1.58 bits per heavy atom. The molecule has 0 spiro atoms. The fraction of sp³-hybridized carbons (Fsp3) is 0.176. The average Bonchev–Trinajstić information content (AvgIpc) is 3.72. The van der Waals surface area contributed by atoms with Crippen LogP contribution in [0, 0.1) is 6.92 Å². The maximum atomic E-state index is 14.0. The van der Waals surface area contributed by atoms with Crippen LogP contribution in [0.5, 0.6) is 0 Å². The summed E-state index contributed by atoms with van der Waals surface area (Å²) >= 11 is 6.77. The van der Waals surface area contributed by atoms with Gasteiger partial charge < -0.3 is 4.74 Å². The smallest absolute Gasteiger partial charge is 0.296 e. The summed E-state index contributed by atoms with van der Waals surface area (Å²) in [6, 6.07) is 25.3. The van der Waals surface area contributed by atoms with E-state index in [-0.39, 0.29) is 33.6 Å². The van der Waals surface area contributed by atoms with Gasteiger partial charge in [-0.2, -0.15) is 9.40 Å². The predicted octanol–water partition coefficient (Wildman–Crippen LogP) is 4.76. The molecule has 0 aliphatic carbocycles. The molecular formula is C34H30N6O5S3. The molecule has 2 aliphatic rings. The van der Waals surface area contributed by atoms with Crippen LogP contribution in [-0.4, -0.2) is 68.4 Å². The summed E-state index contributed by atoms with van der Waals surface area (Å²) in [5.74, 6) is -0.432. The summed E-state index contributed by atoms with van der Waals surface area (Å²) in [4.78, 5) is 29.5. The van der Waals surface area contributed by atoms with Crippen LogP contribution in [0.2, 0.25) is 0 Å². The molecule has 0 radical (unpaired) electrons. The van der Waals surface area contributed by atoms with E-state index in [1.165, 1.54) is 13.9 Å². The van der Waals surface area contributed by atoms with E-state index in [2.05, 4.69) is 0 Å². The molecule has 11 nitrogen and oxygen atoms in total. The minimum absolute atomic E-state index is 0.141. The Bertz CT molecular complexity index is 2250. The number of para-hydroxylation sites is 2. The Morgan fingerprint density at radius 3 is 2.27 bits per heavy atom. The van der Waals surface area contributed by atoms with Crippen molar-refractivity contribution in [3.05, 3.63) is 118 Å². The zero-order chi connectivity index (χ0) is 33.6. The van der Waals surface area contributed by atoms with Crippen molar-refractivity contribution >= 4 is 56.0 Å². The average molecular weight is 699 g/mol. The fourth-order valence-electron chi connectivity index (χ4n) is 5.78. The van der Waals surface area contributed by atoms with Gasteiger partial charge in [0.15, 0.2) is 4.32 Å². The zero-order valence-electron chi connectivity index (χ0n) is 26.0. The SMILES string of the molecule is Cc1c(N2C(=O)/C(=C/c3cn(-c4ccccc4)nc3-c3cccc(S(=O)(=O)N4CCOCC4)c3)SC2=S)c(=O)n(-c2ccccc2)n1C. The third kappa shape index (κ3) is 5.65. The number of ether oxygens (including phenoxy) is 1. The molecule has 0 unspecified atom stereocenters. The van der Waals surface area contributed by atoms with E-state index >= 15 is 0 Å². The highest BCUT2D eigenvalue weighted by Gasteiger charge is 2.38. The lowest BCUT2D eigenvalue weighted by molar-refractivity contribution is -0.113. The van der Waals surface area contributed by atoms with Gasteiger partial charge in [0.05, 0.1) is 40.1 Å². The maximum Gasteiger partial charge on any atom is 0.296 e. The molecule has 1 amide bonds. The lowest BCUT2D eigenvalue weighted by atomic mass is 10.1. The van der Waals surface area contributed by atoms with Gasteiger partial charge >= 0.3 is 0 Å². The van der Waals surface area contributed by atoms with Crippen molar-refractivity contribution in [1.29, 1.82) is 0 Å². The number of carbonyl (C=O) groups excluding carboxylic acids is 1. The first-order valence-electron chi connectivity index (χ1n) is 15.1. The number of hydrogen-bond acceptors (Lipinski definition) is 8. The van der Waals surface area contributed by atoms with Crippen LogP contribution >= 0.6 is 24.0 Å². The highest BCUT2D eigenvalue weighted by atomic mass is 32.2. The number of sulfonamides is 1. The Morgan fingerprint density at radius 1 is 0.917 bits per heavy atom. The molecule has 3 aromatic carbocycles. The molecule has 14 heteroatoms. The van der Waals surface area contributed by atoms with E-state index in [0.29, 0.717) is 46.3 Å². The van der Waals surface area contributed by atoms with Crippen molar-refractivity contribution in [3.8, 4) is 22.6 Å². The van der Waals surface area contributed by atoms with E-state index in [0.717, 1.165) is 17.4 Å². The number of thiocarbonyl (C=S) groups is 1. The predicted molar refractivity (Wildman–Crippen MR) is 190 cm³/mol. The van der Waals surface area contributed by atoms with Gasteiger partial charge in [0.1, 0.15) is 11.4 Å². The van der Waals surface area contributed by atoms with Gasteiger partial charge in [-0.15, -0.1) is 0 Å². The summed E-state index contributed by atoms with van der Waals surface area (Å²) < 4.78 is 38.9. The molecule has 2 aliphatic heterocycles. The van der Waals surface area contributed by atoms with Gasteiger partial charge in [-0.25, -0.2) is 17.8 Å². The van der Waals surface area contributed by atoms with Gasteiger partial charge in [0.25, 0.3) is 11.5 Å². The summed E-state index contributed by atoms with van der Waals surface area (Å²) in [6.45, 7) is 3.01. The molecule has 2 aromatic heterocycles. The molecular weight excluding hydrogens is 669 g/mol. The minimum Gasteiger partial charge on any atom is -0.379 e. The highest BCUT2D eigenvalue weighted by molar-refractivity contribution is 8.27. The molecule has 0 saturated carbocycles. The van der Waals surface area contributed by atoms with E-state index in [9.17, 15) is 18.0 Å². The molecule has 4 heterocycles. The van der Waals surface area contributed by atoms with E-state index < -0.39 is 15.9 Å². The number of hydrogen-bond donors (Lipinski definition) is 0. The van der Waals surface area contributed by atoms with Crippen molar-refractivity contribution in [2.45, 2.75) is 11.8 Å². The Balaban J connectivity index is 1.30. The molecule has 0 N–H and O–H groups in total. The lowest BCUT2D eigenvalue weighted by Gasteiger charge is -2.26. The van der Waals surface area contributed by atoms with Crippen LogP contribution in [-0.2, 0) is 26.6 Å². The first-order chi connectivity index (χ1) is 23.1. The molecule has 0 bridgehead atoms. The van der Waals surface area contributed by atoms with E-state index in [1.54, 1.807) is 59.9 Å². The third-order valence-corrected chi connectivity index (χ3v) is 11.5. The minimum atomic E-state index is -3.77. The number of aromatic nitrogens is 4. The summed E-state index contributed by atoms with van der Waals surface area (Å²) in [5, 5.41) is 4.85. The second-order valence-corrected chi connectivity index (χ2v) is 14.8. The van der Waals surface area contributed by atoms with E-state index in [4.69, 9.17) is 22.1 Å². The van der Waals surface area contributed by atoms with Crippen LogP contribution in [0.1, 0.15) is 11.3 Å². The van der Waals surface area contributed by atoms with Gasteiger partial charge in [-0.3, -0.25) is 19.2 Å². The molecule has 7 rings (SSSR count).